The van der Waals surface area contributed by atoms with Crippen molar-refractivity contribution in [2.45, 2.75) is 33.6 Å². The molecule has 0 fully saturated rings. The first-order chi connectivity index (χ1) is 11.0. The number of hydrogen-bond donors (Lipinski definition) is 1. The molecule has 0 aliphatic rings. The number of ether oxygens (including phenoxy) is 1. The molecule has 0 saturated carbocycles. The highest BCUT2D eigenvalue weighted by atomic mass is 16.5. The summed E-state index contributed by atoms with van der Waals surface area (Å²) in [5, 5.41) is 2.50. The third-order valence-corrected chi connectivity index (χ3v) is 3.37. The molecule has 0 radical (unpaired) electrons. The van der Waals surface area contributed by atoms with Crippen LogP contribution in [0.25, 0.3) is 0 Å². The van der Waals surface area contributed by atoms with E-state index in [2.05, 4.69) is 5.32 Å². The Morgan fingerprint density at radius 3 is 2.35 bits per heavy atom. The molecule has 1 aromatic carbocycles. The minimum Gasteiger partial charge on any atom is -0.462 e. The summed E-state index contributed by atoms with van der Waals surface area (Å²) in [6, 6.07) is 6.49. The number of carbonyl (C=O) groups excluding carboxylic acids is 3. The minimum atomic E-state index is -0.762. The number of amides is 2. The Balaban J connectivity index is 2.83. The van der Waals surface area contributed by atoms with Crippen molar-refractivity contribution in [2.75, 3.05) is 25.0 Å². The summed E-state index contributed by atoms with van der Waals surface area (Å²) < 4.78 is 5.16. The first-order valence-corrected chi connectivity index (χ1v) is 7.91. The Bertz CT molecular complexity index is 553. The molecular weight excluding hydrogens is 296 g/mol. The van der Waals surface area contributed by atoms with Gasteiger partial charge in [0.2, 0.25) is 0 Å². The van der Waals surface area contributed by atoms with E-state index in [0.717, 1.165) is 12.8 Å². The van der Waals surface area contributed by atoms with E-state index in [9.17, 15) is 14.4 Å². The molecule has 0 saturated heterocycles. The van der Waals surface area contributed by atoms with E-state index in [1.54, 1.807) is 38.1 Å². The molecule has 0 spiro atoms. The lowest BCUT2D eigenvalue weighted by molar-refractivity contribution is -0.142. The van der Waals surface area contributed by atoms with E-state index in [1.165, 1.54) is 4.90 Å². The van der Waals surface area contributed by atoms with Crippen LogP contribution in [0.2, 0.25) is 0 Å². The molecule has 0 heterocycles. The number of likely N-dealkylation sites (N-methyl/N-ethyl adjacent to an activating group) is 1. The molecule has 0 unspecified atom stereocenters. The third kappa shape index (κ3) is 5.39. The van der Waals surface area contributed by atoms with Gasteiger partial charge in [-0.2, -0.15) is 0 Å². The molecule has 6 heteroatoms. The molecule has 0 aromatic heterocycles. The molecule has 0 bridgehead atoms. The van der Waals surface area contributed by atoms with E-state index < -0.39 is 17.8 Å². The highest BCUT2D eigenvalue weighted by molar-refractivity contribution is 6.39. The van der Waals surface area contributed by atoms with Crippen LogP contribution in [0, 0.1) is 0 Å². The molecule has 2 amide bonds. The highest BCUT2D eigenvalue weighted by Gasteiger charge is 2.21. The standard InChI is InChI=1S/C17H24N2O4/c1-4-7-12-23-17(22)13-10-8-9-11-14(13)18-15(20)16(21)19(5-2)6-3/h8-11H,4-7,12H2,1-3H3,(H,18,20). The van der Waals surface area contributed by atoms with Gasteiger partial charge in [-0.25, -0.2) is 4.79 Å². The second kappa shape index (κ2) is 9.61. The number of nitrogens with one attached hydrogen (secondary N) is 1. The average molecular weight is 320 g/mol. The first-order valence-electron chi connectivity index (χ1n) is 7.91. The highest BCUT2D eigenvalue weighted by Crippen LogP contribution is 2.16. The maximum atomic E-state index is 12.1. The van der Waals surface area contributed by atoms with E-state index in [1.807, 2.05) is 6.92 Å². The number of anilines is 1. The van der Waals surface area contributed by atoms with Gasteiger partial charge in [-0.15, -0.1) is 0 Å². The SMILES string of the molecule is CCCCOC(=O)c1ccccc1NC(=O)C(=O)N(CC)CC. The van der Waals surface area contributed by atoms with Gasteiger partial charge in [-0.1, -0.05) is 25.5 Å². The number of benzene rings is 1. The van der Waals surface area contributed by atoms with Gasteiger partial charge in [0.25, 0.3) is 0 Å². The summed E-state index contributed by atoms with van der Waals surface area (Å²) in [6.45, 7) is 6.82. The van der Waals surface area contributed by atoms with E-state index >= 15 is 0 Å². The second-order valence-corrected chi connectivity index (χ2v) is 4.97. The molecule has 6 nitrogen and oxygen atoms in total. The van der Waals surface area contributed by atoms with Crippen molar-refractivity contribution < 1.29 is 19.1 Å². The van der Waals surface area contributed by atoms with Crippen LogP contribution in [0.1, 0.15) is 44.0 Å². The molecule has 1 N–H and O–H groups in total. The number of nitrogens with zero attached hydrogens (tertiary/aromatic N) is 1. The summed E-state index contributed by atoms with van der Waals surface area (Å²) in [5.41, 5.74) is 0.517. The molecule has 0 aliphatic carbocycles. The van der Waals surface area contributed by atoms with Crippen molar-refractivity contribution in [3.63, 3.8) is 0 Å². The van der Waals surface area contributed by atoms with Gasteiger partial charge in [0.05, 0.1) is 17.9 Å². The zero-order chi connectivity index (χ0) is 17.2. The van der Waals surface area contributed by atoms with Crippen LogP contribution < -0.4 is 5.32 Å². The summed E-state index contributed by atoms with van der Waals surface area (Å²) in [5.74, 6) is -1.89. The number of hydrogen-bond acceptors (Lipinski definition) is 4. The van der Waals surface area contributed by atoms with E-state index in [0.29, 0.717) is 19.7 Å². The van der Waals surface area contributed by atoms with Crippen molar-refractivity contribution >= 4 is 23.5 Å². The van der Waals surface area contributed by atoms with Crippen molar-refractivity contribution in [3.8, 4) is 0 Å². The van der Waals surface area contributed by atoms with Gasteiger partial charge >= 0.3 is 17.8 Å². The van der Waals surface area contributed by atoms with Crippen LogP contribution >= 0.6 is 0 Å². The van der Waals surface area contributed by atoms with Crippen LogP contribution in [0.5, 0.6) is 0 Å². The van der Waals surface area contributed by atoms with Gasteiger partial charge in [0.15, 0.2) is 0 Å². The Kier molecular flexibility index (Phi) is 7.80. The van der Waals surface area contributed by atoms with Gasteiger partial charge in [-0.05, 0) is 32.4 Å². The smallest absolute Gasteiger partial charge is 0.340 e. The summed E-state index contributed by atoms with van der Waals surface area (Å²) >= 11 is 0. The van der Waals surface area contributed by atoms with Crippen LogP contribution in [0.3, 0.4) is 0 Å². The number of esters is 1. The summed E-state index contributed by atoms with van der Waals surface area (Å²) in [6.07, 6.45) is 1.70. The molecule has 23 heavy (non-hydrogen) atoms. The molecule has 1 aromatic rings. The Morgan fingerprint density at radius 1 is 1.09 bits per heavy atom. The normalized spacial score (nSPS) is 10.0. The number of carbonyl (C=O) groups is 3. The first kappa shape index (κ1) is 18.7. The molecule has 0 atom stereocenters. The summed E-state index contributed by atoms with van der Waals surface area (Å²) in [4.78, 5) is 37.5. The van der Waals surface area contributed by atoms with Crippen LogP contribution in [0.4, 0.5) is 5.69 Å². The van der Waals surface area contributed by atoms with Crippen LogP contribution in [-0.4, -0.2) is 42.4 Å². The lowest BCUT2D eigenvalue weighted by Gasteiger charge is -2.18. The summed E-state index contributed by atoms with van der Waals surface area (Å²) in [7, 11) is 0. The molecular formula is C17H24N2O4. The quantitative estimate of drug-likeness (QED) is 0.476. The van der Waals surface area contributed by atoms with E-state index in [4.69, 9.17) is 4.74 Å². The predicted octanol–water partition coefficient (Wildman–Crippen LogP) is 2.45. The molecule has 0 aliphatic heterocycles. The maximum Gasteiger partial charge on any atom is 0.340 e. The van der Waals surface area contributed by atoms with Crippen molar-refractivity contribution in [1.82, 2.24) is 4.90 Å². The fourth-order valence-corrected chi connectivity index (χ4v) is 1.99. The lowest BCUT2D eigenvalue weighted by Crippen LogP contribution is -2.39. The van der Waals surface area contributed by atoms with E-state index in [-0.39, 0.29) is 11.3 Å². The minimum absolute atomic E-state index is 0.240. The zero-order valence-electron chi connectivity index (χ0n) is 13.9. The molecule has 126 valence electrons. The third-order valence-electron chi connectivity index (χ3n) is 3.37. The fourth-order valence-electron chi connectivity index (χ4n) is 1.99. The predicted molar refractivity (Wildman–Crippen MR) is 88.2 cm³/mol. The average Bonchev–Trinajstić information content (AvgIpc) is 2.56. The van der Waals surface area contributed by atoms with Gasteiger partial charge in [0.1, 0.15) is 0 Å². The zero-order valence-corrected chi connectivity index (χ0v) is 13.9. The number of unbranched alkanes of at least 4 members (excludes halogenated alkanes) is 1. The number of rotatable bonds is 7. The second-order valence-electron chi connectivity index (χ2n) is 4.97. The topological polar surface area (TPSA) is 75.7 Å². The van der Waals surface area contributed by atoms with Crippen LogP contribution in [-0.2, 0) is 14.3 Å². The van der Waals surface area contributed by atoms with Crippen molar-refractivity contribution in [3.05, 3.63) is 29.8 Å². The van der Waals surface area contributed by atoms with Gasteiger partial charge < -0.3 is 15.0 Å². The van der Waals surface area contributed by atoms with Crippen molar-refractivity contribution in [1.29, 1.82) is 0 Å². The van der Waals surface area contributed by atoms with Crippen molar-refractivity contribution in [2.24, 2.45) is 0 Å². The van der Waals surface area contributed by atoms with Gasteiger partial charge in [0, 0.05) is 13.1 Å². The Morgan fingerprint density at radius 2 is 1.74 bits per heavy atom. The largest absolute Gasteiger partial charge is 0.462 e. The monoisotopic (exact) mass is 320 g/mol. The Hall–Kier alpha value is -2.37. The molecule has 1 rings (SSSR count). The lowest BCUT2D eigenvalue weighted by atomic mass is 10.1. The Labute approximate surface area is 136 Å². The maximum absolute atomic E-state index is 12.1. The fraction of sp³-hybridized carbons (Fsp3) is 0.471. The number of para-hydroxylation sites is 1. The van der Waals surface area contributed by atoms with Gasteiger partial charge in [-0.3, -0.25) is 9.59 Å². The van der Waals surface area contributed by atoms with Crippen LogP contribution in [0.15, 0.2) is 24.3 Å².